The average Bonchev–Trinajstić information content (AvgIpc) is 3.32. The predicted octanol–water partition coefficient (Wildman–Crippen LogP) is 3.16. The van der Waals surface area contributed by atoms with Gasteiger partial charge >= 0.3 is 0 Å². The van der Waals surface area contributed by atoms with Crippen molar-refractivity contribution in [1.29, 1.82) is 0 Å². The summed E-state index contributed by atoms with van der Waals surface area (Å²) in [4.78, 5) is 24.3. The van der Waals surface area contributed by atoms with Crippen molar-refractivity contribution in [2.24, 2.45) is 0 Å². The smallest absolute Gasteiger partial charge is 0.242 e. The fraction of sp³-hybridized carbons (Fsp3) is 0.357. The van der Waals surface area contributed by atoms with Crippen molar-refractivity contribution in [2.45, 2.75) is 38.1 Å². The van der Waals surface area contributed by atoms with Crippen molar-refractivity contribution in [1.82, 2.24) is 10.4 Å². The highest BCUT2D eigenvalue weighted by molar-refractivity contribution is 5.82. The first kappa shape index (κ1) is 25.9. The number of hydrazine groups is 1. The molecule has 1 N–H and O–H groups in total. The standard InChI is InChI=1S/C28H32N2O7/c1-34-21-10-8-17(15-23(21)36-3)14-18-6-5-7-20-27(18)29-30(25(31)12-13-26(32)33)28(20)19-9-11-22(35-2)24(16-19)37-4/h8-11,14-16,28-29H,5-7,12-13H2,1-4H3,(H,32,33)/p-1/b18-14+/t28-/m1/s1. The van der Waals surface area contributed by atoms with Gasteiger partial charge in [0, 0.05) is 12.4 Å². The lowest BCUT2D eigenvalue weighted by Gasteiger charge is -2.27. The van der Waals surface area contributed by atoms with E-state index in [2.05, 4.69) is 11.5 Å². The van der Waals surface area contributed by atoms with Crippen molar-refractivity contribution in [2.75, 3.05) is 28.4 Å². The molecule has 1 amide bonds. The fourth-order valence-electron chi connectivity index (χ4n) is 4.88. The maximum atomic E-state index is 13.2. The molecule has 1 aliphatic carbocycles. The second kappa shape index (κ2) is 11.3. The van der Waals surface area contributed by atoms with Gasteiger partial charge in [0.15, 0.2) is 23.0 Å². The Morgan fingerprint density at radius 2 is 1.57 bits per heavy atom. The molecule has 9 nitrogen and oxygen atoms in total. The fourth-order valence-corrected chi connectivity index (χ4v) is 4.88. The molecule has 0 bridgehead atoms. The monoisotopic (exact) mass is 507 g/mol. The number of ether oxygens (including phenoxy) is 4. The van der Waals surface area contributed by atoms with Gasteiger partial charge in [-0.2, -0.15) is 0 Å². The van der Waals surface area contributed by atoms with Crippen LogP contribution in [0.3, 0.4) is 0 Å². The predicted molar refractivity (Wildman–Crippen MR) is 135 cm³/mol. The first-order valence-electron chi connectivity index (χ1n) is 12.1. The summed E-state index contributed by atoms with van der Waals surface area (Å²) in [7, 11) is 6.32. The first-order valence-corrected chi connectivity index (χ1v) is 12.1. The number of hydrogen-bond donors (Lipinski definition) is 1. The van der Waals surface area contributed by atoms with E-state index in [0.29, 0.717) is 23.0 Å². The van der Waals surface area contributed by atoms with Crippen LogP contribution in [0, 0.1) is 0 Å². The third-order valence-electron chi connectivity index (χ3n) is 6.64. The third-order valence-corrected chi connectivity index (χ3v) is 6.64. The van der Waals surface area contributed by atoms with Gasteiger partial charge in [0.25, 0.3) is 0 Å². The van der Waals surface area contributed by atoms with E-state index in [4.69, 9.17) is 18.9 Å². The molecule has 0 fully saturated rings. The molecule has 0 aromatic heterocycles. The van der Waals surface area contributed by atoms with Gasteiger partial charge < -0.3 is 28.8 Å². The van der Waals surface area contributed by atoms with Crippen molar-refractivity contribution in [3.63, 3.8) is 0 Å². The summed E-state index contributed by atoms with van der Waals surface area (Å²) in [5, 5.41) is 12.6. The Kier molecular flexibility index (Phi) is 7.91. The second-order valence-electron chi connectivity index (χ2n) is 8.80. The minimum Gasteiger partial charge on any atom is -0.550 e. The highest BCUT2D eigenvalue weighted by atomic mass is 16.5. The summed E-state index contributed by atoms with van der Waals surface area (Å²) in [6, 6.07) is 10.9. The highest BCUT2D eigenvalue weighted by Crippen LogP contribution is 2.45. The zero-order valence-corrected chi connectivity index (χ0v) is 21.5. The third kappa shape index (κ3) is 5.35. The maximum absolute atomic E-state index is 13.2. The molecule has 196 valence electrons. The van der Waals surface area contributed by atoms with Gasteiger partial charge in [-0.05, 0) is 78.3 Å². The SMILES string of the molecule is COc1ccc(/C=C2\CCCC3=C2NN(C(=O)CCC(=O)[O-])[C@@H]3c2ccc(OC)c(OC)c2)cc1OC. The van der Waals surface area contributed by atoms with E-state index in [-0.39, 0.29) is 18.7 Å². The molecule has 0 saturated heterocycles. The minimum absolute atomic E-state index is 0.172. The lowest BCUT2D eigenvalue weighted by molar-refractivity contribution is -0.305. The summed E-state index contributed by atoms with van der Waals surface area (Å²) in [5.41, 5.74) is 8.07. The molecule has 9 heteroatoms. The van der Waals surface area contributed by atoms with Crippen LogP contribution in [0.5, 0.6) is 23.0 Å². The van der Waals surface area contributed by atoms with Crippen LogP contribution < -0.4 is 29.5 Å². The topological polar surface area (TPSA) is 109 Å². The lowest BCUT2D eigenvalue weighted by Crippen LogP contribution is -2.40. The van der Waals surface area contributed by atoms with Gasteiger partial charge in [-0.3, -0.25) is 10.2 Å². The van der Waals surface area contributed by atoms with E-state index in [9.17, 15) is 14.7 Å². The molecule has 2 aromatic rings. The molecule has 2 aliphatic rings. The van der Waals surface area contributed by atoms with Crippen LogP contribution in [0.25, 0.3) is 6.08 Å². The van der Waals surface area contributed by atoms with Crippen molar-refractivity contribution >= 4 is 18.0 Å². The average molecular weight is 508 g/mol. The Bertz CT molecular complexity index is 1250. The Morgan fingerprint density at radius 3 is 2.22 bits per heavy atom. The van der Waals surface area contributed by atoms with Crippen LogP contribution in [-0.4, -0.2) is 45.3 Å². The van der Waals surface area contributed by atoms with Crippen LogP contribution in [-0.2, 0) is 9.59 Å². The number of aliphatic carboxylic acids is 1. The molecule has 4 rings (SSSR count). The first-order chi connectivity index (χ1) is 17.9. The molecule has 0 radical (unpaired) electrons. The van der Waals surface area contributed by atoms with Gasteiger partial charge in [-0.15, -0.1) is 0 Å². The number of carbonyl (C=O) groups excluding carboxylic acids is 2. The number of carboxylic acids is 1. The summed E-state index contributed by atoms with van der Waals surface area (Å²) >= 11 is 0. The van der Waals surface area contributed by atoms with Gasteiger partial charge in [0.1, 0.15) is 6.04 Å². The van der Waals surface area contributed by atoms with E-state index in [1.807, 2.05) is 30.3 Å². The Hall–Kier alpha value is -4.14. The van der Waals surface area contributed by atoms with Gasteiger partial charge in [-0.25, -0.2) is 5.01 Å². The van der Waals surface area contributed by atoms with Crippen molar-refractivity contribution < 1.29 is 33.6 Å². The summed E-state index contributed by atoms with van der Waals surface area (Å²) in [6.07, 6.45) is 4.06. The quantitative estimate of drug-likeness (QED) is 0.551. The Morgan fingerprint density at radius 1 is 0.919 bits per heavy atom. The number of hydrogen-bond acceptors (Lipinski definition) is 8. The van der Waals surface area contributed by atoms with Gasteiger partial charge in [0.2, 0.25) is 5.91 Å². The highest BCUT2D eigenvalue weighted by Gasteiger charge is 2.39. The second-order valence-corrected chi connectivity index (χ2v) is 8.80. The van der Waals surface area contributed by atoms with Crippen molar-refractivity contribution in [3.8, 4) is 23.0 Å². The Balaban J connectivity index is 1.76. The Labute approximate surface area is 216 Å². The van der Waals surface area contributed by atoms with Crippen molar-refractivity contribution in [3.05, 3.63) is 64.4 Å². The zero-order valence-electron chi connectivity index (χ0n) is 21.5. The van der Waals surface area contributed by atoms with E-state index in [1.165, 1.54) is 5.01 Å². The molecule has 1 atom stereocenters. The van der Waals surface area contributed by atoms with Crippen LogP contribution >= 0.6 is 0 Å². The number of benzene rings is 2. The summed E-state index contributed by atoms with van der Waals surface area (Å²) < 4.78 is 21.7. The number of methoxy groups -OCH3 is 4. The van der Waals surface area contributed by atoms with Crippen LogP contribution in [0.2, 0.25) is 0 Å². The molecule has 2 aromatic carbocycles. The van der Waals surface area contributed by atoms with Gasteiger partial charge in [0.05, 0.1) is 34.1 Å². The van der Waals surface area contributed by atoms with E-state index < -0.39 is 12.0 Å². The van der Waals surface area contributed by atoms with Gasteiger partial charge in [-0.1, -0.05) is 12.1 Å². The van der Waals surface area contributed by atoms with E-state index in [1.54, 1.807) is 34.5 Å². The number of amides is 1. The summed E-state index contributed by atoms with van der Waals surface area (Å²) in [6.45, 7) is 0. The number of carbonyl (C=O) groups is 2. The zero-order chi connectivity index (χ0) is 26.5. The molecule has 1 aliphatic heterocycles. The normalized spacial score (nSPS) is 17.8. The molecule has 0 spiro atoms. The maximum Gasteiger partial charge on any atom is 0.242 e. The molecule has 1 heterocycles. The largest absolute Gasteiger partial charge is 0.550 e. The number of allylic oxidation sites excluding steroid dienone is 1. The minimum atomic E-state index is -1.26. The molecular formula is C28H31N2O7-. The van der Waals surface area contributed by atoms with Crippen LogP contribution in [0.4, 0.5) is 0 Å². The molecule has 0 saturated carbocycles. The number of nitrogens with one attached hydrogen (secondary N) is 1. The number of rotatable bonds is 9. The van der Waals surface area contributed by atoms with Crippen LogP contribution in [0.1, 0.15) is 49.3 Å². The van der Waals surface area contributed by atoms with E-state index in [0.717, 1.165) is 47.2 Å². The number of carboxylic acid groups (broad SMARTS) is 1. The summed E-state index contributed by atoms with van der Waals surface area (Å²) in [5.74, 6) is 0.812. The van der Waals surface area contributed by atoms with E-state index >= 15 is 0 Å². The lowest BCUT2D eigenvalue weighted by atomic mass is 9.85. The number of nitrogens with zero attached hydrogens (tertiary/aromatic N) is 1. The molecular weight excluding hydrogens is 476 g/mol. The molecule has 0 unspecified atom stereocenters. The van der Waals surface area contributed by atoms with Crippen LogP contribution in [0.15, 0.2) is 53.2 Å². The molecule has 37 heavy (non-hydrogen) atoms.